The van der Waals surface area contributed by atoms with Crippen molar-refractivity contribution in [1.82, 2.24) is 10.2 Å². The third-order valence-corrected chi connectivity index (χ3v) is 3.57. The molecule has 0 saturated heterocycles. The second kappa shape index (κ2) is 7.04. The third kappa shape index (κ3) is 3.60. The van der Waals surface area contributed by atoms with Gasteiger partial charge in [-0.05, 0) is 31.2 Å². The van der Waals surface area contributed by atoms with E-state index >= 15 is 0 Å². The Bertz CT molecular complexity index is 888. The minimum atomic E-state index is -0.530. The fraction of sp³-hybridized carbons (Fsp3) is 0.167. The number of carbonyl (C=O) groups is 1. The van der Waals surface area contributed by atoms with E-state index in [1.807, 2.05) is 31.2 Å². The molecule has 0 aliphatic rings. The molecule has 0 fully saturated rings. The van der Waals surface area contributed by atoms with Gasteiger partial charge in [0.2, 0.25) is 5.89 Å². The van der Waals surface area contributed by atoms with Crippen LogP contribution in [-0.4, -0.2) is 30.3 Å². The van der Waals surface area contributed by atoms with Gasteiger partial charge in [0.15, 0.2) is 0 Å². The van der Waals surface area contributed by atoms with Crippen molar-refractivity contribution in [2.75, 3.05) is 19.5 Å². The van der Waals surface area contributed by atoms with Crippen LogP contribution in [0.2, 0.25) is 0 Å². The third-order valence-electron chi connectivity index (χ3n) is 3.57. The van der Waals surface area contributed by atoms with Crippen molar-refractivity contribution in [2.45, 2.75) is 6.92 Å². The van der Waals surface area contributed by atoms with E-state index in [4.69, 9.17) is 13.9 Å². The van der Waals surface area contributed by atoms with Crippen LogP contribution in [0.1, 0.15) is 16.2 Å². The number of amides is 1. The highest BCUT2D eigenvalue weighted by Crippen LogP contribution is 2.29. The van der Waals surface area contributed by atoms with Crippen LogP contribution < -0.4 is 14.8 Å². The van der Waals surface area contributed by atoms with Crippen LogP contribution in [0.4, 0.5) is 5.69 Å². The van der Waals surface area contributed by atoms with Gasteiger partial charge in [-0.1, -0.05) is 17.7 Å². The van der Waals surface area contributed by atoms with E-state index in [0.29, 0.717) is 17.2 Å². The Hall–Kier alpha value is -3.35. The smallest absolute Gasteiger partial charge is 0.313 e. The second-order valence-corrected chi connectivity index (χ2v) is 5.30. The molecular formula is C18H17N3O4. The molecule has 7 heteroatoms. The Morgan fingerprint density at radius 1 is 1.04 bits per heavy atom. The average Bonchev–Trinajstić information content (AvgIpc) is 3.12. The zero-order valence-corrected chi connectivity index (χ0v) is 14.1. The van der Waals surface area contributed by atoms with Gasteiger partial charge in [0, 0.05) is 11.6 Å². The molecule has 7 nitrogen and oxygen atoms in total. The summed E-state index contributed by atoms with van der Waals surface area (Å²) < 4.78 is 15.9. The summed E-state index contributed by atoms with van der Waals surface area (Å²) in [5.74, 6) is 0.690. The fourth-order valence-corrected chi connectivity index (χ4v) is 2.22. The summed E-state index contributed by atoms with van der Waals surface area (Å²) in [7, 11) is 3.05. The van der Waals surface area contributed by atoms with Crippen LogP contribution in [0.3, 0.4) is 0 Å². The first-order valence-electron chi connectivity index (χ1n) is 7.54. The molecule has 1 amide bonds. The molecule has 0 atom stereocenters. The number of aryl methyl sites for hydroxylation is 1. The number of hydrogen-bond acceptors (Lipinski definition) is 6. The Morgan fingerprint density at radius 3 is 2.48 bits per heavy atom. The molecule has 0 aliphatic carbocycles. The molecule has 1 heterocycles. The number of benzene rings is 2. The van der Waals surface area contributed by atoms with E-state index in [9.17, 15) is 4.79 Å². The number of methoxy groups -OCH3 is 2. The van der Waals surface area contributed by atoms with Crippen LogP contribution in [0.25, 0.3) is 11.5 Å². The number of carbonyl (C=O) groups excluding carboxylic acids is 1. The minimum absolute atomic E-state index is 0.138. The summed E-state index contributed by atoms with van der Waals surface area (Å²) in [6, 6.07) is 12.6. The maximum atomic E-state index is 12.4. The monoisotopic (exact) mass is 339 g/mol. The van der Waals surface area contributed by atoms with Crippen LogP contribution in [-0.2, 0) is 0 Å². The van der Waals surface area contributed by atoms with E-state index < -0.39 is 5.91 Å². The summed E-state index contributed by atoms with van der Waals surface area (Å²) >= 11 is 0. The van der Waals surface area contributed by atoms with E-state index in [0.717, 1.165) is 11.1 Å². The maximum absolute atomic E-state index is 12.4. The van der Waals surface area contributed by atoms with E-state index in [-0.39, 0.29) is 11.8 Å². The topological polar surface area (TPSA) is 86.5 Å². The molecule has 128 valence electrons. The van der Waals surface area contributed by atoms with Gasteiger partial charge in [-0.2, -0.15) is 0 Å². The lowest BCUT2D eigenvalue weighted by molar-refractivity contribution is 0.0990. The van der Waals surface area contributed by atoms with Gasteiger partial charge in [0.1, 0.15) is 11.5 Å². The van der Waals surface area contributed by atoms with Crippen molar-refractivity contribution < 1.29 is 18.7 Å². The molecule has 1 aromatic heterocycles. The Labute approximate surface area is 144 Å². The number of hydrogen-bond donors (Lipinski definition) is 1. The van der Waals surface area contributed by atoms with Gasteiger partial charge in [0.05, 0.1) is 19.9 Å². The molecule has 0 radical (unpaired) electrons. The number of rotatable bonds is 5. The van der Waals surface area contributed by atoms with E-state index in [1.54, 1.807) is 25.3 Å². The van der Waals surface area contributed by atoms with Crippen molar-refractivity contribution in [3.63, 3.8) is 0 Å². The zero-order chi connectivity index (χ0) is 17.8. The summed E-state index contributed by atoms with van der Waals surface area (Å²) in [5, 5.41) is 10.4. The fourth-order valence-electron chi connectivity index (χ4n) is 2.22. The van der Waals surface area contributed by atoms with Gasteiger partial charge in [-0.15, -0.1) is 10.2 Å². The van der Waals surface area contributed by atoms with Crippen molar-refractivity contribution >= 4 is 11.6 Å². The standard InChI is InChI=1S/C18H17N3O4/c1-11-4-6-12(7-5-11)17-20-21-18(25-17)16(22)19-14-10-13(23-2)8-9-15(14)24-3/h4-10H,1-3H3,(H,19,22). The van der Waals surface area contributed by atoms with Crippen LogP contribution >= 0.6 is 0 Å². The van der Waals surface area contributed by atoms with Crippen molar-refractivity contribution in [3.8, 4) is 23.0 Å². The van der Waals surface area contributed by atoms with Gasteiger partial charge < -0.3 is 19.2 Å². The first kappa shape index (κ1) is 16.5. The lowest BCUT2D eigenvalue weighted by atomic mass is 10.1. The molecule has 25 heavy (non-hydrogen) atoms. The maximum Gasteiger partial charge on any atom is 0.313 e. The lowest BCUT2D eigenvalue weighted by Crippen LogP contribution is -2.13. The SMILES string of the molecule is COc1ccc(OC)c(NC(=O)c2nnc(-c3ccc(C)cc3)o2)c1. The first-order chi connectivity index (χ1) is 12.1. The van der Waals surface area contributed by atoms with Crippen LogP contribution in [0, 0.1) is 6.92 Å². The summed E-state index contributed by atoms with van der Waals surface area (Å²) in [4.78, 5) is 12.4. The number of nitrogens with zero attached hydrogens (tertiary/aromatic N) is 2. The molecule has 2 aromatic carbocycles. The molecule has 0 aliphatic heterocycles. The highest BCUT2D eigenvalue weighted by Gasteiger charge is 2.18. The number of nitrogens with one attached hydrogen (secondary N) is 1. The second-order valence-electron chi connectivity index (χ2n) is 5.30. The normalized spacial score (nSPS) is 10.4. The van der Waals surface area contributed by atoms with E-state index in [2.05, 4.69) is 15.5 Å². The first-order valence-corrected chi connectivity index (χ1v) is 7.54. The highest BCUT2D eigenvalue weighted by atomic mass is 16.5. The Kier molecular flexibility index (Phi) is 4.65. The number of aromatic nitrogens is 2. The zero-order valence-electron chi connectivity index (χ0n) is 14.1. The molecule has 0 spiro atoms. The molecule has 3 rings (SSSR count). The number of anilines is 1. The quantitative estimate of drug-likeness (QED) is 0.767. The summed E-state index contributed by atoms with van der Waals surface area (Å²) in [5.41, 5.74) is 2.31. The molecule has 0 bridgehead atoms. The summed E-state index contributed by atoms with van der Waals surface area (Å²) in [6.07, 6.45) is 0. The van der Waals surface area contributed by atoms with Crippen molar-refractivity contribution in [1.29, 1.82) is 0 Å². The molecule has 0 unspecified atom stereocenters. The lowest BCUT2D eigenvalue weighted by Gasteiger charge is -2.10. The van der Waals surface area contributed by atoms with Gasteiger partial charge in [-0.25, -0.2) is 0 Å². The minimum Gasteiger partial charge on any atom is -0.497 e. The molecule has 0 saturated carbocycles. The molecule has 1 N–H and O–H groups in total. The largest absolute Gasteiger partial charge is 0.497 e. The highest BCUT2D eigenvalue weighted by molar-refractivity contribution is 6.02. The van der Waals surface area contributed by atoms with E-state index in [1.165, 1.54) is 7.11 Å². The Morgan fingerprint density at radius 2 is 1.80 bits per heavy atom. The van der Waals surface area contributed by atoms with Gasteiger partial charge in [0.25, 0.3) is 0 Å². The average molecular weight is 339 g/mol. The van der Waals surface area contributed by atoms with Gasteiger partial charge >= 0.3 is 11.8 Å². The Balaban J connectivity index is 1.81. The van der Waals surface area contributed by atoms with Crippen LogP contribution in [0.15, 0.2) is 46.9 Å². The predicted octanol–water partition coefficient (Wildman–Crippen LogP) is 3.31. The van der Waals surface area contributed by atoms with Crippen molar-refractivity contribution in [3.05, 3.63) is 53.9 Å². The van der Waals surface area contributed by atoms with Crippen LogP contribution in [0.5, 0.6) is 11.5 Å². The predicted molar refractivity (Wildman–Crippen MR) is 92.0 cm³/mol. The van der Waals surface area contributed by atoms with Gasteiger partial charge in [-0.3, -0.25) is 4.79 Å². The van der Waals surface area contributed by atoms with Crippen molar-refractivity contribution in [2.24, 2.45) is 0 Å². The number of ether oxygens (including phenoxy) is 2. The molecule has 3 aromatic rings. The summed E-state index contributed by atoms with van der Waals surface area (Å²) in [6.45, 7) is 1.98. The molecular weight excluding hydrogens is 322 g/mol.